The van der Waals surface area contributed by atoms with Crippen LogP contribution in [0.1, 0.15) is 35.8 Å². The minimum absolute atomic E-state index is 0.154. The van der Waals surface area contributed by atoms with E-state index in [1.807, 2.05) is 6.92 Å². The van der Waals surface area contributed by atoms with Crippen molar-refractivity contribution in [1.82, 2.24) is 9.78 Å². The number of hydrogen-bond acceptors (Lipinski definition) is 6. The summed E-state index contributed by atoms with van der Waals surface area (Å²) in [5.41, 5.74) is 0.929. The zero-order valence-corrected chi connectivity index (χ0v) is 18.2. The zero-order valence-electron chi connectivity index (χ0n) is 16.7. The Kier molecular flexibility index (Phi) is 8.16. The molecular weight excluding hydrogens is 421 g/mol. The molecule has 2 rings (SSSR count). The van der Waals surface area contributed by atoms with Crippen LogP contribution in [-0.4, -0.2) is 42.5 Å². The average molecular weight is 444 g/mol. The summed E-state index contributed by atoms with van der Waals surface area (Å²) in [6.07, 6.45) is 1.85. The summed E-state index contributed by atoms with van der Waals surface area (Å²) >= 11 is 12.3. The molecule has 0 saturated heterocycles. The fraction of sp³-hybridized carbons (Fsp3) is 0.421. The quantitative estimate of drug-likeness (QED) is 0.586. The van der Waals surface area contributed by atoms with Gasteiger partial charge >= 0.3 is 5.97 Å². The Labute approximate surface area is 179 Å². The van der Waals surface area contributed by atoms with E-state index in [0.717, 1.165) is 12.8 Å². The SMILES string of the molecule is CCCCn1nc(C)c(C(=O)OCC(=O)Nc2cc(OC)c(Cl)cc2OC)c1Cl. The first-order chi connectivity index (χ1) is 13.8. The minimum Gasteiger partial charge on any atom is -0.495 e. The van der Waals surface area contributed by atoms with E-state index < -0.39 is 18.5 Å². The van der Waals surface area contributed by atoms with Gasteiger partial charge in [-0.05, 0) is 13.3 Å². The van der Waals surface area contributed by atoms with Crippen molar-refractivity contribution < 1.29 is 23.8 Å². The summed E-state index contributed by atoms with van der Waals surface area (Å²) in [6, 6.07) is 3.02. The van der Waals surface area contributed by atoms with Crippen LogP contribution in [0.15, 0.2) is 12.1 Å². The lowest BCUT2D eigenvalue weighted by atomic mass is 10.2. The number of aryl methyl sites for hydroxylation is 2. The molecule has 1 N–H and O–H groups in total. The molecule has 0 aliphatic heterocycles. The normalized spacial score (nSPS) is 10.6. The number of methoxy groups -OCH3 is 2. The van der Waals surface area contributed by atoms with Gasteiger partial charge in [0.25, 0.3) is 5.91 Å². The van der Waals surface area contributed by atoms with Gasteiger partial charge in [-0.15, -0.1) is 0 Å². The molecule has 1 heterocycles. The van der Waals surface area contributed by atoms with Gasteiger partial charge in [0.2, 0.25) is 0 Å². The first-order valence-corrected chi connectivity index (χ1v) is 9.69. The number of hydrogen-bond donors (Lipinski definition) is 1. The first kappa shape index (κ1) is 22.8. The predicted molar refractivity (Wildman–Crippen MR) is 110 cm³/mol. The molecule has 1 aromatic carbocycles. The maximum absolute atomic E-state index is 12.4. The summed E-state index contributed by atoms with van der Waals surface area (Å²) in [6.45, 7) is 3.80. The fourth-order valence-electron chi connectivity index (χ4n) is 2.59. The Balaban J connectivity index is 2.05. The van der Waals surface area contributed by atoms with Crippen molar-refractivity contribution in [3.63, 3.8) is 0 Å². The van der Waals surface area contributed by atoms with Crippen LogP contribution in [0.2, 0.25) is 10.2 Å². The lowest BCUT2D eigenvalue weighted by Crippen LogP contribution is -2.21. The molecule has 0 spiro atoms. The highest BCUT2D eigenvalue weighted by Gasteiger charge is 2.22. The van der Waals surface area contributed by atoms with Crippen molar-refractivity contribution in [1.29, 1.82) is 0 Å². The van der Waals surface area contributed by atoms with Crippen molar-refractivity contribution in [2.75, 3.05) is 26.1 Å². The van der Waals surface area contributed by atoms with Crippen LogP contribution >= 0.6 is 23.2 Å². The molecule has 1 aromatic heterocycles. The van der Waals surface area contributed by atoms with E-state index in [1.165, 1.54) is 26.4 Å². The second kappa shape index (κ2) is 10.4. The molecule has 29 heavy (non-hydrogen) atoms. The van der Waals surface area contributed by atoms with Gasteiger partial charge in [-0.1, -0.05) is 36.5 Å². The lowest BCUT2D eigenvalue weighted by Gasteiger charge is -2.13. The third-order valence-corrected chi connectivity index (χ3v) is 4.75. The monoisotopic (exact) mass is 443 g/mol. The average Bonchev–Trinajstić information content (AvgIpc) is 2.98. The van der Waals surface area contributed by atoms with Crippen molar-refractivity contribution >= 4 is 40.8 Å². The van der Waals surface area contributed by atoms with Crippen LogP contribution < -0.4 is 14.8 Å². The molecule has 0 bridgehead atoms. The predicted octanol–water partition coefficient (Wildman–Crippen LogP) is 4.11. The summed E-state index contributed by atoms with van der Waals surface area (Å²) in [5, 5.41) is 7.38. The van der Waals surface area contributed by atoms with Crippen molar-refractivity contribution in [2.24, 2.45) is 0 Å². The molecule has 0 atom stereocenters. The van der Waals surface area contributed by atoms with E-state index in [0.29, 0.717) is 34.4 Å². The first-order valence-electron chi connectivity index (χ1n) is 8.93. The Morgan fingerprint density at radius 3 is 2.48 bits per heavy atom. The van der Waals surface area contributed by atoms with Gasteiger partial charge in [0.15, 0.2) is 6.61 Å². The third kappa shape index (κ3) is 5.55. The van der Waals surface area contributed by atoms with Crippen LogP contribution in [0.25, 0.3) is 0 Å². The molecule has 0 saturated carbocycles. The number of aromatic nitrogens is 2. The maximum Gasteiger partial charge on any atom is 0.343 e. The number of halogens is 2. The zero-order chi connectivity index (χ0) is 21.6. The number of ether oxygens (including phenoxy) is 3. The number of unbranched alkanes of at least 4 members (excludes halogenated alkanes) is 1. The Bertz CT molecular complexity index is 898. The molecule has 0 unspecified atom stereocenters. The van der Waals surface area contributed by atoms with Gasteiger partial charge in [-0.3, -0.25) is 9.48 Å². The van der Waals surface area contributed by atoms with Gasteiger partial charge in [0.1, 0.15) is 22.2 Å². The van der Waals surface area contributed by atoms with Gasteiger partial charge in [0.05, 0.1) is 30.6 Å². The van der Waals surface area contributed by atoms with Gasteiger partial charge in [0, 0.05) is 18.7 Å². The Morgan fingerprint density at radius 1 is 1.17 bits per heavy atom. The largest absolute Gasteiger partial charge is 0.495 e. The lowest BCUT2D eigenvalue weighted by molar-refractivity contribution is -0.119. The molecule has 0 fully saturated rings. The number of carbonyl (C=O) groups is 2. The van der Waals surface area contributed by atoms with Crippen LogP contribution in [-0.2, 0) is 16.1 Å². The van der Waals surface area contributed by atoms with Crippen molar-refractivity contribution in [3.05, 3.63) is 33.6 Å². The van der Waals surface area contributed by atoms with Crippen molar-refractivity contribution in [2.45, 2.75) is 33.2 Å². The second-order valence-electron chi connectivity index (χ2n) is 6.14. The standard InChI is InChI=1S/C19H23Cl2N3O5/c1-5-6-7-24-18(21)17(11(2)23-24)19(26)29-10-16(25)22-13-9-14(27-3)12(20)8-15(13)28-4/h8-9H,5-7,10H2,1-4H3,(H,22,25). The molecule has 8 nitrogen and oxygen atoms in total. The number of nitrogens with one attached hydrogen (secondary N) is 1. The van der Waals surface area contributed by atoms with Crippen LogP contribution in [0, 0.1) is 6.92 Å². The van der Waals surface area contributed by atoms with Crippen molar-refractivity contribution in [3.8, 4) is 11.5 Å². The van der Waals surface area contributed by atoms with E-state index in [4.69, 9.17) is 37.4 Å². The van der Waals surface area contributed by atoms with Gasteiger partial charge in [-0.2, -0.15) is 5.10 Å². The highest BCUT2D eigenvalue weighted by molar-refractivity contribution is 6.33. The molecule has 10 heteroatoms. The van der Waals surface area contributed by atoms with Crippen LogP contribution in [0.5, 0.6) is 11.5 Å². The van der Waals surface area contributed by atoms with E-state index in [1.54, 1.807) is 11.6 Å². The molecule has 0 aliphatic rings. The molecule has 0 radical (unpaired) electrons. The summed E-state index contributed by atoms with van der Waals surface area (Å²) in [5.74, 6) is -0.576. The van der Waals surface area contributed by atoms with E-state index >= 15 is 0 Å². The fourth-order valence-corrected chi connectivity index (χ4v) is 3.16. The number of esters is 1. The summed E-state index contributed by atoms with van der Waals surface area (Å²) < 4.78 is 17.0. The topological polar surface area (TPSA) is 91.7 Å². The number of nitrogens with zero attached hydrogens (tertiary/aromatic N) is 2. The van der Waals surface area contributed by atoms with Gasteiger partial charge in [-0.25, -0.2) is 4.79 Å². The molecule has 0 aliphatic carbocycles. The van der Waals surface area contributed by atoms with Crippen LogP contribution in [0.4, 0.5) is 5.69 Å². The Hall–Kier alpha value is -2.45. The number of carbonyl (C=O) groups excluding carboxylic acids is 2. The number of benzene rings is 1. The molecule has 1 amide bonds. The van der Waals surface area contributed by atoms with E-state index in [-0.39, 0.29) is 10.7 Å². The Morgan fingerprint density at radius 2 is 1.86 bits per heavy atom. The number of anilines is 1. The highest BCUT2D eigenvalue weighted by Crippen LogP contribution is 2.35. The summed E-state index contributed by atoms with van der Waals surface area (Å²) in [4.78, 5) is 24.6. The van der Waals surface area contributed by atoms with E-state index in [2.05, 4.69) is 10.4 Å². The van der Waals surface area contributed by atoms with E-state index in [9.17, 15) is 9.59 Å². The van der Waals surface area contributed by atoms with Gasteiger partial charge < -0.3 is 19.5 Å². The van der Waals surface area contributed by atoms with Crippen LogP contribution in [0.3, 0.4) is 0 Å². The maximum atomic E-state index is 12.4. The molecule has 158 valence electrons. The summed E-state index contributed by atoms with van der Waals surface area (Å²) in [7, 11) is 2.89. The highest BCUT2D eigenvalue weighted by atomic mass is 35.5. The molecule has 2 aromatic rings. The smallest absolute Gasteiger partial charge is 0.343 e. The minimum atomic E-state index is -0.717. The third-order valence-electron chi connectivity index (χ3n) is 4.08. The number of rotatable bonds is 9. The molecular formula is C19H23Cl2N3O5. The second-order valence-corrected chi connectivity index (χ2v) is 6.90. The number of amides is 1.